The van der Waals surface area contributed by atoms with Crippen LogP contribution in [0.1, 0.15) is 63.9 Å². The second-order valence-corrected chi connectivity index (χ2v) is 4.94. The molecule has 1 aromatic rings. The molecule has 0 aromatic carbocycles. The average Bonchev–Trinajstić information content (AvgIpc) is 2.62. The zero-order valence-corrected chi connectivity index (χ0v) is 11.4. The molecule has 98 valence electrons. The molecule has 0 amide bonds. The van der Waals surface area contributed by atoms with Gasteiger partial charge in [0.2, 0.25) is 0 Å². The van der Waals surface area contributed by atoms with Gasteiger partial charge in [0, 0.05) is 18.3 Å². The predicted molar refractivity (Wildman–Crippen MR) is 74.0 cm³/mol. The number of hydrogen-bond acceptors (Lipinski definition) is 2. The Morgan fingerprint density at radius 1 is 1.06 bits per heavy atom. The van der Waals surface area contributed by atoms with Gasteiger partial charge in [0.05, 0.1) is 0 Å². The topological polar surface area (TPSA) is 43.8 Å². The number of nitrogen functional groups attached to an aromatic ring is 1. The number of unbranched alkanes of at least 4 members (excludes halogenated alkanes) is 7. The van der Waals surface area contributed by atoms with Crippen LogP contribution in [0.15, 0.2) is 6.20 Å². The lowest BCUT2D eigenvalue weighted by atomic mass is 10.1. The molecule has 0 radical (unpaired) electrons. The van der Waals surface area contributed by atoms with Crippen LogP contribution in [-0.4, -0.2) is 9.78 Å². The van der Waals surface area contributed by atoms with Crippen molar-refractivity contribution < 1.29 is 0 Å². The maximum atomic E-state index is 5.71. The maximum absolute atomic E-state index is 5.71. The summed E-state index contributed by atoms with van der Waals surface area (Å²) in [5.41, 5.74) is 6.79. The van der Waals surface area contributed by atoms with Crippen LogP contribution in [0.2, 0.25) is 0 Å². The van der Waals surface area contributed by atoms with Gasteiger partial charge in [-0.05, 0) is 13.3 Å². The van der Waals surface area contributed by atoms with Crippen molar-refractivity contribution in [2.75, 3.05) is 5.73 Å². The largest absolute Gasteiger partial charge is 0.382 e. The van der Waals surface area contributed by atoms with Crippen molar-refractivity contribution in [3.8, 4) is 0 Å². The summed E-state index contributed by atoms with van der Waals surface area (Å²) >= 11 is 0. The lowest BCUT2D eigenvalue weighted by Crippen LogP contribution is -1.99. The minimum atomic E-state index is 0.671. The van der Waals surface area contributed by atoms with E-state index in [2.05, 4.69) is 12.0 Å². The van der Waals surface area contributed by atoms with E-state index in [1.54, 1.807) is 0 Å². The quantitative estimate of drug-likeness (QED) is 0.662. The molecule has 0 aliphatic carbocycles. The van der Waals surface area contributed by atoms with Gasteiger partial charge in [0.1, 0.15) is 5.82 Å². The zero-order valence-electron chi connectivity index (χ0n) is 11.4. The highest BCUT2D eigenvalue weighted by molar-refractivity contribution is 5.35. The highest BCUT2D eigenvalue weighted by Crippen LogP contribution is 2.10. The van der Waals surface area contributed by atoms with E-state index in [0.29, 0.717) is 5.82 Å². The molecule has 3 heteroatoms. The SMILES string of the molecule is CCCCCCCCCCn1cc(C)c(N)n1. The minimum absolute atomic E-state index is 0.671. The van der Waals surface area contributed by atoms with Gasteiger partial charge in [-0.1, -0.05) is 51.9 Å². The molecule has 1 heterocycles. The van der Waals surface area contributed by atoms with Gasteiger partial charge in [-0.2, -0.15) is 5.10 Å². The summed E-state index contributed by atoms with van der Waals surface area (Å²) in [6, 6.07) is 0. The third kappa shape index (κ3) is 5.76. The van der Waals surface area contributed by atoms with E-state index in [9.17, 15) is 0 Å². The minimum Gasteiger partial charge on any atom is -0.382 e. The third-order valence-electron chi connectivity index (χ3n) is 3.22. The van der Waals surface area contributed by atoms with Gasteiger partial charge in [0.15, 0.2) is 0 Å². The van der Waals surface area contributed by atoms with Gasteiger partial charge in [-0.15, -0.1) is 0 Å². The number of nitrogens with zero attached hydrogens (tertiary/aromatic N) is 2. The molecule has 1 aromatic heterocycles. The number of anilines is 1. The fraction of sp³-hybridized carbons (Fsp3) is 0.786. The van der Waals surface area contributed by atoms with Crippen LogP contribution in [0.4, 0.5) is 5.82 Å². The lowest BCUT2D eigenvalue weighted by Gasteiger charge is -2.02. The Bertz CT molecular complexity index is 285. The van der Waals surface area contributed by atoms with Crippen LogP contribution >= 0.6 is 0 Å². The normalized spacial score (nSPS) is 10.9. The third-order valence-corrected chi connectivity index (χ3v) is 3.22. The van der Waals surface area contributed by atoms with Crippen molar-refractivity contribution in [3.63, 3.8) is 0 Å². The van der Waals surface area contributed by atoms with Gasteiger partial charge in [-0.3, -0.25) is 4.68 Å². The zero-order chi connectivity index (χ0) is 12.5. The fourth-order valence-corrected chi connectivity index (χ4v) is 2.06. The van der Waals surface area contributed by atoms with Gasteiger partial charge >= 0.3 is 0 Å². The summed E-state index contributed by atoms with van der Waals surface area (Å²) in [7, 11) is 0. The summed E-state index contributed by atoms with van der Waals surface area (Å²) in [5.74, 6) is 0.671. The lowest BCUT2D eigenvalue weighted by molar-refractivity contribution is 0.521. The van der Waals surface area contributed by atoms with Crippen molar-refractivity contribution in [2.45, 2.75) is 71.8 Å². The molecule has 0 fully saturated rings. The average molecular weight is 237 g/mol. The smallest absolute Gasteiger partial charge is 0.148 e. The fourth-order valence-electron chi connectivity index (χ4n) is 2.06. The predicted octanol–water partition coefficient (Wildman–Crippen LogP) is 3.91. The van der Waals surface area contributed by atoms with Crippen molar-refractivity contribution in [2.24, 2.45) is 0 Å². The molecule has 0 aliphatic heterocycles. The first-order valence-corrected chi connectivity index (χ1v) is 7.03. The van der Waals surface area contributed by atoms with Crippen LogP contribution in [-0.2, 0) is 6.54 Å². The van der Waals surface area contributed by atoms with E-state index in [-0.39, 0.29) is 0 Å². The highest BCUT2D eigenvalue weighted by atomic mass is 15.3. The first-order chi connectivity index (χ1) is 8.24. The Kier molecular flexibility index (Phi) is 6.75. The molecule has 0 unspecified atom stereocenters. The molecule has 0 spiro atoms. The number of rotatable bonds is 9. The van der Waals surface area contributed by atoms with Gasteiger partial charge in [0.25, 0.3) is 0 Å². The molecule has 0 aliphatic rings. The van der Waals surface area contributed by atoms with Crippen LogP contribution < -0.4 is 5.73 Å². The molecule has 1 rings (SSSR count). The van der Waals surface area contributed by atoms with Crippen molar-refractivity contribution in [3.05, 3.63) is 11.8 Å². The summed E-state index contributed by atoms with van der Waals surface area (Å²) in [6.45, 7) is 5.28. The Morgan fingerprint density at radius 3 is 2.18 bits per heavy atom. The van der Waals surface area contributed by atoms with Crippen LogP contribution in [0, 0.1) is 6.92 Å². The van der Waals surface area contributed by atoms with E-state index >= 15 is 0 Å². The van der Waals surface area contributed by atoms with Gasteiger partial charge < -0.3 is 5.73 Å². The van der Waals surface area contributed by atoms with Crippen molar-refractivity contribution in [1.29, 1.82) is 0 Å². The number of nitrogens with two attached hydrogens (primary N) is 1. The molecular weight excluding hydrogens is 210 g/mol. The van der Waals surface area contributed by atoms with Gasteiger partial charge in [-0.25, -0.2) is 0 Å². The molecule has 2 N–H and O–H groups in total. The molecule has 17 heavy (non-hydrogen) atoms. The maximum Gasteiger partial charge on any atom is 0.148 e. The van der Waals surface area contributed by atoms with E-state index in [0.717, 1.165) is 12.1 Å². The van der Waals surface area contributed by atoms with Crippen molar-refractivity contribution in [1.82, 2.24) is 9.78 Å². The second kappa shape index (κ2) is 8.15. The second-order valence-electron chi connectivity index (χ2n) is 4.94. The number of hydrogen-bond donors (Lipinski definition) is 1. The van der Waals surface area contributed by atoms with E-state index in [1.165, 1.54) is 51.4 Å². The molecule has 0 bridgehead atoms. The first kappa shape index (κ1) is 14.1. The summed E-state index contributed by atoms with van der Waals surface area (Å²) in [4.78, 5) is 0. The summed E-state index contributed by atoms with van der Waals surface area (Å²) in [6.07, 6.45) is 12.9. The van der Waals surface area contributed by atoms with Crippen LogP contribution in [0.5, 0.6) is 0 Å². The molecule has 0 atom stereocenters. The monoisotopic (exact) mass is 237 g/mol. The molecule has 0 saturated carbocycles. The van der Waals surface area contributed by atoms with E-state index in [4.69, 9.17) is 5.73 Å². The summed E-state index contributed by atoms with van der Waals surface area (Å²) in [5, 5.41) is 4.26. The van der Waals surface area contributed by atoms with E-state index < -0.39 is 0 Å². The Labute approximate surface area is 105 Å². The van der Waals surface area contributed by atoms with Crippen LogP contribution in [0.3, 0.4) is 0 Å². The number of aromatic nitrogens is 2. The molecular formula is C14H27N3. The molecule has 0 saturated heterocycles. The van der Waals surface area contributed by atoms with Crippen LogP contribution in [0.25, 0.3) is 0 Å². The van der Waals surface area contributed by atoms with E-state index in [1.807, 2.05) is 17.8 Å². The first-order valence-electron chi connectivity index (χ1n) is 7.03. The van der Waals surface area contributed by atoms with Crippen molar-refractivity contribution >= 4 is 5.82 Å². The Morgan fingerprint density at radius 2 is 1.65 bits per heavy atom. The Balaban J connectivity index is 1.97. The highest BCUT2D eigenvalue weighted by Gasteiger charge is 1.99. The summed E-state index contributed by atoms with van der Waals surface area (Å²) < 4.78 is 1.97. The molecule has 3 nitrogen and oxygen atoms in total. The number of aryl methyl sites for hydroxylation is 2. The Hall–Kier alpha value is -0.990. The standard InChI is InChI=1S/C14H27N3/c1-3-4-5-6-7-8-9-10-11-17-12-13(2)14(15)16-17/h12H,3-11H2,1-2H3,(H2,15,16).